The molecule has 2 fully saturated rings. The first-order valence-electron chi connectivity index (χ1n) is 13.1. The van der Waals surface area contributed by atoms with Gasteiger partial charge in [0, 0.05) is 24.2 Å². The average Bonchev–Trinajstić information content (AvgIpc) is 3.29. The van der Waals surface area contributed by atoms with Gasteiger partial charge in [-0.2, -0.15) is 0 Å². The second-order valence-corrected chi connectivity index (χ2v) is 11.6. The lowest BCUT2D eigenvalue weighted by molar-refractivity contribution is -0.151. The summed E-state index contributed by atoms with van der Waals surface area (Å²) in [5, 5.41) is 20.4. The first kappa shape index (κ1) is 26.8. The van der Waals surface area contributed by atoms with Crippen molar-refractivity contribution < 1.29 is 29.3 Å². The van der Waals surface area contributed by atoms with Crippen LogP contribution in [0.5, 0.6) is 0 Å². The molecule has 2 aliphatic heterocycles. The molecule has 0 radical (unpaired) electrons. The molecule has 6 atom stereocenters. The van der Waals surface area contributed by atoms with Crippen LogP contribution < -0.4 is 0 Å². The number of fused-ring (bicyclic) bond motifs is 2. The molecule has 1 aromatic heterocycles. The number of aliphatic hydroxyl groups is 2. The Morgan fingerprint density at radius 3 is 2.64 bits per heavy atom. The zero-order chi connectivity index (χ0) is 26.3. The molecule has 8 nitrogen and oxygen atoms in total. The van der Waals surface area contributed by atoms with Crippen molar-refractivity contribution in [1.29, 1.82) is 0 Å². The summed E-state index contributed by atoms with van der Waals surface area (Å²) >= 11 is 0. The number of ether oxygens (including phenoxy) is 2. The molecule has 2 saturated heterocycles. The molecular formula is C28H40N2O6. The molecule has 0 saturated carbocycles. The van der Waals surface area contributed by atoms with Crippen molar-refractivity contribution in [2.45, 2.75) is 104 Å². The number of Topliss-reactive ketones (excluding diaryl/α,β-unsaturated/α-hetero) is 1. The molecule has 1 aromatic carbocycles. The monoisotopic (exact) mass is 500 g/mol. The van der Waals surface area contributed by atoms with Gasteiger partial charge in [-0.15, -0.1) is 0 Å². The van der Waals surface area contributed by atoms with Crippen molar-refractivity contribution in [2.75, 3.05) is 0 Å². The van der Waals surface area contributed by atoms with Gasteiger partial charge in [0.25, 0.3) is 0 Å². The number of rotatable bonds is 2. The fourth-order valence-electron chi connectivity index (χ4n) is 5.61. The van der Waals surface area contributed by atoms with Crippen molar-refractivity contribution >= 4 is 22.8 Å². The Morgan fingerprint density at radius 1 is 1.17 bits per heavy atom. The average molecular weight is 501 g/mol. The summed E-state index contributed by atoms with van der Waals surface area (Å²) in [6.07, 6.45) is 3.85. The maximum absolute atomic E-state index is 13.2. The molecule has 3 heterocycles. The SMILES string of the molecule is C[C@H]1CCC[C@@]2(C)OC2CC(c2ccc3c(c2)ncn3CO)OC(=O)CCC(C)(C)C(=O)[C@H](C)C1O. The fraction of sp³-hybridized carbons (Fsp3) is 0.679. The highest BCUT2D eigenvalue weighted by molar-refractivity contribution is 5.87. The normalized spacial score (nSPS) is 34.2. The van der Waals surface area contributed by atoms with Crippen molar-refractivity contribution in [2.24, 2.45) is 17.3 Å². The van der Waals surface area contributed by atoms with Crippen molar-refractivity contribution in [3.8, 4) is 0 Å². The minimum absolute atomic E-state index is 0.00313. The van der Waals surface area contributed by atoms with E-state index in [1.165, 1.54) is 0 Å². The van der Waals surface area contributed by atoms with Gasteiger partial charge >= 0.3 is 5.97 Å². The highest BCUT2D eigenvalue weighted by atomic mass is 16.6. The highest BCUT2D eigenvalue weighted by Crippen LogP contribution is 2.46. The number of epoxide rings is 1. The topological polar surface area (TPSA) is 114 Å². The number of hydrogen-bond donors (Lipinski definition) is 2. The highest BCUT2D eigenvalue weighted by Gasteiger charge is 2.52. The lowest BCUT2D eigenvalue weighted by Gasteiger charge is -2.31. The molecule has 3 unspecified atom stereocenters. The summed E-state index contributed by atoms with van der Waals surface area (Å²) in [6.45, 7) is 9.39. The molecule has 198 valence electrons. The number of aliphatic hydroxyl groups excluding tert-OH is 2. The Labute approximate surface area is 213 Å². The number of esters is 1. The molecule has 2 aromatic rings. The van der Waals surface area contributed by atoms with E-state index < -0.39 is 23.5 Å². The van der Waals surface area contributed by atoms with Crippen LogP contribution in [0.1, 0.15) is 84.8 Å². The lowest BCUT2D eigenvalue weighted by Crippen LogP contribution is -2.39. The third-order valence-electron chi connectivity index (χ3n) is 8.37. The Morgan fingerprint density at radius 2 is 1.92 bits per heavy atom. The minimum atomic E-state index is -0.750. The van der Waals surface area contributed by atoms with Crippen LogP contribution in [0.4, 0.5) is 0 Å². The van der Waals surface area contributed by atoms with Gasteiger partial charge in [-0.05, 0) is 49.8 Å². The van der Waals surface area contributed by atoms with E-state index in [1.54, 1.807) is 17.8 Å². The van der Waals surface area contributed by atoms with Crippen molar-refractivity contribution in [1.82, 2.24) is 9.55 Å². The Balaban J connectivity index is 1.58. The first-order chi connectivity index (χ1) is 16.9. The van der Waals surface area contributed by atoms with Gasteiger partial charge in [0.05, 0.1) is 35.2 Å². The predicted molar refractivity (Wildman–Crippen MR) is 135 cm³/mol. The van der Waals surface area contributed by atoms with Crippen LogP contribution in [0.2, 0.25) is 0 Å². The van der Waals surface area contributed by atoms with Crippen LogP contribution in [0.15, 0.2) is 24.5 Å². The van der Waals surface area contributed by atoms with Crippen LogP contribution in [-0.4, -0.2) is 49.3 Å². The van der Waals surface area contributed by atoms with Gasteiger partial charge in [-0.3, -0.25) is 9.59 Å². The van der Waals surface area contributed by atoms with E-state index in [0.29, 0.717) is 12.8 Å². The summed E-state index contributed by atoms with van der Waals surface area (Å²) in [4.78, 5) is 30.6. The quantitative estimate of drug-likeness (QED) is 0.466. The molecule has 2 aliphatic rings. The van der Waals surface area contributed by atoms with Gasteiger partial charge in [0.15, 0.2) is 0 Å². The molecule has 0 bridgehead atoms. The Hall–Kier alpha value is -2.29. The third-order valence-corrected chi connectivity index (χ3v) is 8.37. The number of cyclic esters (lactones) is 1. The van der Waals surface area contributed by atoms with Crippen molar-refractivity contribution in [3.63, 3.8) is 0 Å². The number of nitrogens with zero attached hydrogens (tertiary/aromatic N) is 2. The molecular weight excluding hydrogens is 460 g/mol. The van der Waals surface area contributed by atoms with Gasteiger partial charge < -0.3 is 24.3 Å². The van der Waals surface area contributed by atoms with Crippen molar-refractivity contribution in [3.05, 3.63) is 30.1 Å². The lowest BCUT2D eigenvalue weighted by atomic mass is 9.74. The number of benzene rings is 1. The van der Waals surface area contributed by atoms with Gasteiger partial charge in [0.1, 0.15) is 18.6 Å². The smallest absolute Gasteiger partial charge is 0.306 e. The number of ketones is 1. The molecule has 36 heavy (non-hydrogen) atoms. The maximum atomic E-state index is 13.2. The first-order valence-corrected chi connectivity index (χ1v) is 13.1. The van der Waals surface area contributed by atoms with E-state index in [9.17, 15) is 19.8 Å². The van der Waals surface area contributed by atoms with Crippen LogP contribution in [-0.2, 0) is 25.8 Å². The van der Waals surface area contributed by atoms with Gasteiger partial charge in [-0.1, -0.05) is 40.2 Å². The largest absolute Gasteiger partial charge is 0.457 e. The molecule has 0 spiro atoms. The Bertz CT molecular complexity index is 1110. The van der Waals surface area contributed by atoms with Crippen LogP contribution in [0.25, 0.3) is 11.0 Å². The van der Waals surface area contributed by atoms with Gasteiger partial charge in [-0.25, -0.2) is 4.98 Å². The molecule has 8 heteroatoms. The molecule has 4 rings (SSSR count). The summed E-state index contributed by atoms with van der Waals surface area (Å²) in [5.41, 5.74) is 1.31. The second-order valence-electron chi connectivity index (χ2n) is 11.6. The standard InChI is InChI=1S/C28H40N2O6/c1-17-7-6-11-28(5)23(36-28)14-22(19-8-9-21-20(13-19)29-15-30(21)16-31)35-24(32)10-12-27(3,4)26(34)18(2)25(17)33/h8-9,13,15,17-18,22-23,25,31,33H,6-7,10-12,14,16H2,1-5H3/t17-,18+,22?,23?,25?,28+/m0/s1. The molecule has 2 N–H and O–H groups in total. The summed E-state index contributed by atoms with van der Waals surface area (Å²) in [5.74, 6) is -0.895. The zero-order valence-electron chi connectivity index (χ0n) is 22.1. The summed E-state index contributed by atoms with van der Waals surface area (Å²) in [7, 11) is 0. The number of carbonyl (C=O) groups excluding carboxylic acids is 2. The Kier molecular flexibility index (Phi) is 7.60. The maximum Gasteiger partial charge on any atom is 0.306 e. The van der Waals surface area contributed by atoms with E-state index in [1.807, 2.05) is 39.0 Å². The van der Waals surface area contributed by atoms with E-state index in [4.69, 9.17) is 9.47 Å². The van der Waals surface area contributed by atoms with Gasteiger partial charge in [0.2, 0.25) is 0 Å². The summed E-state index contributed by atoms with van der Waals surface area (Å²) in [6, 6.07) is 5.68. The van der Waals surface area contributed by atoms with Crippen LogP contribution in [0.3, 0.4) is 0 Å². The number of aromatic nitrogens is 2. The summed E-state index contributed by atoms with van der Waals surface area (Å²) < 4.78 is 13.7. The number of imidazole rings is 1. The van der Waals surface area contributed by atoms with E-state index in [-0.39, 0.29) is 42.5 Å². The number of hydrogen-bond acceptors (Lipinski definition) is 7. The molecule has 0 aliphatic carbocycles. The van der Waals surface area contributed by atoms with E-state index >= 15 is 0 Å². The molecule has 0 amide bonds. The third kappa shape index (κ3) is 5.50. The number of carbonyl (C=O) groups is 2. The fourth-order valence-corrected chi connectivity index (χ4v) is 5.61. The zero-order valence-corrected chi connectivity index (χ0v) is 22.1. The van der Waals surface area contributed by atoms with E-state index in [2.05, 4.69) is 11.9 Å². The second kappa shape index (κ2) is 10.2. The predicted octanol–water partition coefficient (Wildman–Crippen LogP) is 4.31. The van der Waals surface area contributed by atoms with Crippen LogP contribution >= 0.6 is 0 Å². The minimum Gasteiger partial charge on any atom is -0.457 e. The van der Waals surface area contributed by atoms with Crippen LogP contribution in [0, 0.1) is 17.3 Å². The van der Waals surface area contributed by atoms with E-state index in [0.717, 1.165) is 35.9 Å².